The molecule has 0 N–H and O–H groups in total. The van der Waals surface area contributed by atoms with E-state index in [4.69, 9.17) is 0 Å². The molecule has 0 radical (unpaired) electrons. The molecule has 0 unspecified atom stereocenters. The van der Waals surface area contributed by atoms with Crippen LogP contribution in [0, 0.1) is 5.92 Å². The molecular formula is C13H20. The molecule has 0 saturated heterocycles. The van der Waals surface area contributed by atoms with Crippen LogP contribution in [0.5, 0.6) is 0 Å². The minimum atomic E-state index is 0.693. The van der Waals surface area contributed by atoms with E-state index in [0.717, 1.165) is 6.42 Å². The number of hydrogen-bond donors (Lipinski definition) is 0. The summed E-state index contributed by atoms with van der Waals surface area (Å²) in [5.74, 6) is 0.693. The monoisotopic (exact) mass is 176 g/mol. The average Bonchev–Trinajstić information content (AvgIpc) is 2.30. The lowest BCUT2D eigenvalue weighted by Crippen LogP contribution is -1.99. The SMILES string of the molecule is C=CCCC1C(C)=C(C)C(C)=C1C. The predicted molar refractivity (Wildman–Crippen MR) is 59.7 cm³/mol. The van der Waals surface area contributed by atoms with E-state index < -0.39 is 0 Å². The van der Waals surface area contributed by atoms with Gasteiger partial charge in [-0.05, 0) is 51.7 Å². The van der Waals surface area contributed by atoms with Crippen molar-refractivity contribution in [1.29, 1.82) is 0 Å². The van der Waals surface area contributed by atoms with Crippen LogP contribution < -0.4 is 0 Å². The van der Waals surface area contributed by atoms with Crippen LogP contribution in [0.3, 0.4) is 0 Å². The van der Waals surface area contributed by atoms with Gasteiger partial charge in [-0.25, -0.2) is 0 Å². The van der Waals surface area contributed by atoms with Crippen molar-refractivity contribution >= 4 is 0 Å². The maximum atomic E-state index is 3.78. The molecule has 0 amide bonds. The van der Waals surface area contributed by atoms with Crippen molar-refractivity contribution in [2.24, 2.45) is 5.92 Å². The first-order chi connectivity index (χ1) is 6.09. The van der Waals surface area contributed by atoms with Gasteiger partial charge in [-0.2, -0.15) is 0 Å². The zero-order valence-electron chi connectivity index (χ0n) is 9.28. The molecule has 0 aromatic rings. The van der Waals surface area contributed by atoms with Crippen LogP contribution in [0.25, 0.3) is 0 Å². The summed E-state index contributed by atoms with van der Waals surface area (Å²) in [5, 5.41) is 0. The number of rotatable bonds is 3. The van der Waals surface area contributed by atoms with Gasteiger partial charge in [-0.1, -0.05) is 17.2 Å². The third-order valence-corrected chi connectivity index (χ3v) is 3.45. The fraction of sp³-hybridized carbons (Fsp3) is 0.538. The summed E-state index contributed by atoms with van der Waals surface area (Å²) in [4.78, 5) is 0. The minimum absolute atomic E-state index is 0.693. The van der Waals surface area contributed by atoms with Crippen molar-refractivity contribution < 1.29 is 0 Å². The number of allylic oxidation sites excluding steroid dienone is 5. The molecule has 0 aromatic carbocycles. The summed E-state index contributed by atoms with van der Waals surface area (Å²) in [6, 6.07) is 0. The molecule has 1 rings (SSSR count). The second kappa shape index (κ2) is 3.95. The van der Waals surface area contributed by atoms with Crippen LogP contribution in [0.15, 0.2) is 34.9 Å². The van der Waals surface area contributed by atoms with Gasteiger partial charge in [0.2, 0.25) is 0 Å². The molecule has 13 heavy (non-hydrogen) atoms. The lowest BCUT2D eigenvalue weighted by atomic mass is 9.92. The molecule has 0 bridgehead atoms. The van der Waals surface area contributed by atoms with Gasteiger partial charge in [0.25, 0.3) is 0 Å². The van der Waals surface area contributed by atoms with Gasteiger partial charge in [-0.15, -0.1) is 6.58 Å². The smallest absolute Gasteiger partial charge is 0.00160 e. The normalized spacial score (nSPS) is 18.8. The highest BCUT2D eigenvalue weighted by molar-refractivity contribution is 5.46. The lowest BCUT2D eigenvalue weighted by molar-refractivity contribution is 0.656. The molecule has 0 atom stereocenters. The van der Waals surface area contributed by atoms with Crippen LogP contribution in [0.1, 0.15) is 40.5 Å². The minimum Gasteiger partial charge on any atom is -0.103 e. The van der Waals surface area contributed by atoms with E-state index in [0.29, 0.717) is 5.92 Å². The van der Waals surface area contributed by atoms with Gasteiger partial charge >= 0.3 is 0 Å². The Kier molecular flexibility index (Phi) is 3.13. The highest BCUT2D eigenvalue weighted by Crippen LogP contribution is 2.38. The van der Waals surface area contributed by atoms with Gasteiger partial charge in [0.05, 0.1) is 0 Å². The third kappa shape index (κ3) is 1.77. The van der Waals surface area contributed by atoms with E-state index in [9.17, 15) is 0 Å². The Balaban J connectivity index is 2.82. The molecular weight excluding hydrogens is 156 g/mol. The van der Waals surface area contributed by atoms with Crippen molar-refractivity contribution in [3.05, 3.63) is 34.9 Å². The molecule has 0 nitrogen and oxygen atoms in total. The molecule has 0 spiro atoms. The molecule has 0 heterocycles. The fourth-order valence-electron chi connectivity index (χ4n) is 2.16. The van der Waals surface area contributed by atoms with Gasteiger partial charge in [-0.3, -0.25) is 0 Å². The Bertz CT molecular complexity index is 252. The van der Waals surface area contributed by atoms with Gasteiger partial charge in [0.15, 0.2) is 0 Å². The third-order valence-electron chi connectivity index (χ3n) is 3.45. The highest BCUT2D eigenvalue weighted by Gasteiger charge is 2.22. The molecule has 0 aromatic heterocycles. The zero-order valence-corrected chi connectivity index (χ0v) is 9.28. The second-order valence-corrected chi connectivity index (χ2v) is 4.03. The van der Waals surface area contributed by atoms with Gasteiger partial charge in [0.1, 0.15) is 0 Å². The quantitative estimate of drug-likeness (QED) is 0.564. The maximum absolute atomic E-state index is 3.78. The van der Waals surface area contributed by atoms with Crippen LogP contribution in [0.4, 0.5) is 0 Å². The van der Waals surface area contributed by atoms with E-state index in [1.807, 2.05) is 6.08 Å². The first-order valence-electron chi connectivity index (χ1n) is 5.05. The summed E-state index contributed by atoms with van der Waals surface area (Å²) in [6.07, 6.45) is 4.37. The van der Waals surface area contributed by atoms with E-state index in [2.05, 4.69) is 34.3 Å². The predicted octanol–water partition coefficient (Wildman–Crippen LogP) is 4.26. The van der Waals surface area contributed by atoms with E-state index in [-0.39, 0.29) is 0 Å². The van der Waals surface area contributed by atoms with Crippen molar-refractivity contribution in [2.75, 3.05) is 0 Å². The second-order valence-electron chi connectivity index (χ2n) is 4.03. The molecule has 0 heteroatoms. The molecule has 72 valence electrons. The summed E-state index contributed by atoms with van der Waals surface area (Å²) in [5.41, 5.74) is 6.15. The summed E-state index contributed by atoms with van der Waals surface area (Å²) in [6.45, 7) is 12.8. The van der Waals surface area contributed by atoms with Crippen molar-refractivity contribution in [1.82, 2.24) is 0 Å². The molecule has 1 aliphatic carbocycles. The highest BCUT2D eigenvalue weighted by atomic mass is 14.3. The van der Waals surface area contributed by atoms with Crippen LogP contribution >= 0.6 is 0 Å². The topological polar surface area (TPSA) is 0 Å². The average molecular weight is 176 g/mol. The van der Waals surface area contributed by atoms with Gasteiger partial charge < -0.3 is 0 Å². The largest absolute Gasteiger partial charge is 0.103 e. The van der Waals surface area contributed by atoms with Crippen LogP contribution in [-0.4, -0.2) is 0 Å². The van der Waals surface area contributed by atoms with Crippen LogP contribution in [-0.2, 0) is 0 Å². The van der Waals surface area contributed by atoms with Crippen LogP contribution in [0.2, 0.25) is 0 Å². The Morgan fingerprint density at radius 2 is 1.54 bits per heavy atom. The Morgan fingerprint density at radius 1 is 1.08 bits per heavy atom. The van der Waals surface area contributed by atoms with Crippen molar-refractivity contribution in [3.63, 3.8) is 0 Å². The summed E-state index contributed by atoms with van der Waals surface area (Å²) in [7, 11) is 0. The first kappa shape index (κ1) is 10.3. The van der Waals surface area contributed by atoms with Crippen molar-refractivity contribution in [2.45, 2.75) is 40.5 Å². The molecule has 0 aliphatic heterocycles. The Labute approximate surface area is 82.0 Å². The molecule has 0 saturated carbocycles. The first-order valence-corrected chi connectivity index (χ1v) is 5.05. The number of hydrogen-bond acceptors (Lipinski definition) is 0. The van der Waals surface area contributed by atoms with E-state index in [1.165, 1.54) is 17.6 Å². The maximum Gasteiger partial charge on any atom is 0.00160 e. The van der Waals surface area contributed by atoms with E-state index >= 15 is 0 Å². The van der Waals surface area contributed by atoms with Crippen molar-refractivity contribution in [3.8, 4) is 0 Å². The van der Waals surface area contributed by atoms with E-state index in [1.54, 1.807) is 11.1 Å². The summed E-state index contributed by atoms with van der Waals surface area (Å²) >= 11 is 0. The standard InChI is InChI=1S/C13H20/c1-6-7-8-13-11(4)9(2)10(3)12(13)5/h6,13H,1,7-8H2,2-5H3. The molecule has 0 fully saturated rings. The van der Waals surface area contributed by atoms with Gasteiger partial charge in [0, 0.05) is 5.92 Å². The fourth-order valence-corrected chi connectivity index (χ4v) is 2.16. The Hall–Kier alpha value is -0.780. The molecule has 1 aliphatic rings. The zero-order chi connectivity index (χ0) is 10.0. The lowest BCUT2D eigenvalue weighted by Gasteiger charge is -2.13. The summed E-state index contributed by atoms with van der Waals surface area (Å²) < 4.78 is 0. The Morgan fingerprint density at radius 3 is 1.92 bits per heavy atom.